The number of aliphatic hydroxyl groups excluding tert-OH is 3. The molecule has 0 aromatic heterocycles. The van der Waals surface area contributed by atoms with E-state index in [1.807, 2.05) is 21.3 Å². The molecule has 490 valence electrons. The molecule has 37 heteroatoms. The van der Waals surface area contributed by atoms with Gasteiger partial charge in [-0.25, -0.2) is 4.79 Å². The van der Waals surface area contributed by atoms with Gasteiger partial charge in [0.1, 0.15) is 66.2 Å². The number of phenols is 1. The van der Waals surface area contributed by atoms with Crippen molar-refractivity contribution in [2.24, 2.45) is 22.2 Å². The largest absolute Gasteiger partial charge is 0.508 e. The predicted octanol–water partition coefficient (Wildman–Crippen LogP) is -8.29. The summed E-state index contributed by atoms with van der Waals surface area (Å²) in [4.78, 5) is 188. The number of hydrogen-bond acceptors (Lipinski definition) is 21. The number of carboxylic acid groups (broad SMARTS) is 4. The minimum Gasteiger partial charge on any atom is -0.508 e. The first-order valence-electron chi connectivity index (χ1n) is 27.2. The lowest BCUT2D eigenvalue weighted by Gasteiger charge is -2.31. The lowest BCUT2D eigenvalue weighted by Crippen LogP contribution is -2.61. The number of aliphatic hydroxyl groups is 3. The summed E-state index contributed by atoms with van der Waals surface area (Å²) in [6.07, 6.45) is -4.10. The highest BCUT2D eigenvalue weighted by molar-refractivity contribution is 7.98. The van der Waals surface area contributed by atoms with Crippen LogP contribution in [0.5, 0.6) is 5.75 Å². The lowest BCUT2D eigenvalue weighted by molar-refractivity contribution is -0.145. The number of carbonyl (C=O) groups is 14. The number of nitrogens with two attached hydrogens (primary N) is 3. The van der Waals surface area contributed by atoms with E-state index >= 15 is 0 Å². The summed E-state index contributed by atoms with van der Waals surface area (Å²) in [5, 5.41) is 98.0. The van der Waals surface area contributed by atoms with Gasteiger partial charge in [0.25, 0.3) is 0 Å². The van der Waals surface area contributed by atoms with Crippen molar-refractivity contribution in [1.82, 2.24) is 52.8 Å². The number of nitrogens with zero attached hydrogens (tertiary/aromatic N) is 2. The van der Waals surface area contributed by atoms with Gasteiger partial charge >= 0.3 is 23.9 Å². The molecule has 0 radical (unpaired) electrons. The van der Waals surface area contributed by atoms with Crippen molar-refractivity contribution in [2.45, 2.75) is 151 Å². The number of likely N-dealkylation sites (tertiary alicyclic amines) is 1. The van der Waals surface area contributed by atoms with E-state index in [4.69, 9.17) is 22.3 Å². The molecule has 1 heterocycles. The maximum absolute atomic E-state index is 14.7. The highest BCUT2D eigenvalue weighted by Gasteiger charge is 2.41. The van der Waals surface area contributed by atoms with Gasteiger partial charge < -0.3 is 111 Å². The molecule has 1 aromatic carbocycles. The Morgan fingerprint density at radius 1 is 0.602 bits per heavy atom. The van der Waals surface area contributed by atoms with Gasteiger partial charge in [0, 0.05) is 25.9 Å². The van der Waals surface area contributed by atoms with Crippen molar-refractivity contribution in [2.75, 3.05) is 38.3 Å². The Bertz CT molecular complexity index is 2680. The minimum absolute atomic E-state index is 0.0264. The van der Waals surface area contributed by atoms with Crippen LogP contribution in [0.2, 0.25) is 0 Å². The summed E-state index contributed by atoms with van der Waals surface area (Å²) in [6, 6.07) is -13.4. The zero-order valence-corrected chi connectivity index (χ0v) is 49.0. The van der Waals surface area contributed by atoms with Crippen LogP contribution in [0.4, 0.5) is 0 Å². The van der Waals surface area contributed by atoms with Gasteiger partial charge in [-0.2, -0.15) is 11.8 Å². The lowest BCUT2D eigenvalue weighted by atomic mass is 10.0. The quantitative estimate of drug-likeness (QED) is 0.0165. The molecule has 0 bridgehead atoms. The van der Waals surface area contributed by atoms with E-state index in [0.29, 0.717) is 5.56 Å². The highest BCUT2D eigenvalue weighted by atomic mass is 32.2. The van der Waals surface area contributed by atoms with Gasteiger partial charge in [-0.1, -0.05) is 12.1 Å². The molecule has 23 N–H and O–H groups in total. The second-order valence-electron chi connectivity index (χ2n) is 20.1. The first kappa shape index (κ1) is 75.2. The molecule has 0 saturated carbocycles. The van der Waals surface area contributed by atoms with Gasteiger partial charge in [-0.05, 0) is 82.1 Å². The van der Waals surface area contributed by atoms with Crippen LogP contribution in [0.15, 0.2) is 29.3 Å². The van der Waals surface area contributed by atoms with Crippen LogP contribution in [-0.4, -0.2) is 246 Å². The van der Waals surface area contributed by atoms with Crippen molar-refractivity contribution >= 4 is 101 Å². The van der Waals surface area contributed by atoms with Gasteiger partial charge in [0.2, 0.25) is 59.1 Å². The van der Waals surface area contributed by atoms with E-state index < -0.39 is 194 Å². The van der Waals surface area contributed by atoms with Gasteiger partial charge in [0.05, 0.1) is 38.2 Å². The fourth-order valence-electron chi connectivity index (χ4n) is 8.38. The number of rotatable bonds is 39. The Morgan fingerprint density at radius 2 is 1.07 bits per heavy atom. The Hall–Kier alpha value is -8.94. The van der Waals surface area contributed by atoms with Gasteiger partial charge in [-0.3, -0.25) is 67.3 Å². The Balaban J connectivity index is 2.46. The van der Waals surface area contributed by atoms with E-state index in [2.05, 4.69) is 31.6 Å². The van der Waals surface area contributed by atoms with Crippen molar-refractivity contribution in [3.05, 3.63) is 29.8 Å². The molecule has 1 fully saturated rings. The van der Waals surface area contributed by atoms with Crippen LogP contribution in [0.1, 0.15) is 77.2 Å². The average molecular weight is 1270 g/mol. The SMILES string of the molecule is CSCC[C@H](NC(=O)[C@@H](NC(=O)[C@H](C)N)[C@@H](C)O)C(=O)N[C@@H](CCCN=C(N)N)C(=O)N[C@@H](Cc1ccc(O)cc1)C(=O)N1CCC[C@H]1C(=O)N[C@@H](CO)C(=O)N[C@@H](CC(=O)O)C(=O)N[C@@H](CC(=O)O)C(=O)N[C@@H](CO)C(=O)N[C@@H](CCC(=O)O)C(=O)O. The number of guanidine groups is 1. The predicted molar refractivity (Wildman–Crippen MR) is 305 cm³/mol. The number of thioether (sulfide) groups is 1. The normalized spacial score (nSPS) is 16.4. The average Bonchev–Trinajstić information content (AvgIpc) is 3.43. The van der Waals surface area contributed by atoms with Crippen LogP contribution in [0.3, 0.4) is 0 Å². The highest BCUT2D eigenvalue weighted by Crippen LogP contribution is 2.21. The molecular weight excluding hydrogens is 1190 g/mol. The van der Waals surface area contributed by atoms with Gasteiger partial charge in [0.15, 0.2) is 5.96 Å². The summed E-state index contributed by atoms with van der Waals surface area (Å²) < 4.78 is 0. The number of carbonyl (C=O) groups excluding carboxylic acids is 10. The molecule has 1 saturated heterocycles. The zero-order valence-electron chi connectivity index (χ0n) is 48.2. The topological polar surface area (TPSA) is 603 Å². The number of hydrogen-bond donors (Lipinski definition) is 20. The summed E-state index contributed by atoms with van der Waals surface area (Å²) in [5.74, 6) is -18.3. The van der Waals surface area contributed by atoms with Crippen LogP contribution in [0, 0.1) is 0 Å². The molecule has 0 aliphatic carbocycles. The first-order valence-corrected chi connectivity index (χ1v) is 28.6. The Labute approximate surface area is 506 Å². The number of aliphatic carboxylic acids is 4. The third-order valence-corrected chi connectivity index (χ3v) is 13.7. The van der Waals surface area contributed by atoms with E-state index in [1.54, 1.807) is 6.26 Å². The molecule has 1 aliphatic heterocycles. The fraction of sp³-hybridized carbons (Fsp3) is 0.588. The van der Waals surface area contributed by atoms with Crippen molar-refractivity contribution < 1.29 is 108 Å². The first-order chi connectivity index (χ1) is 41.3. The summed E-state index contributed by atoms with van der Waals surface area (Å²) >= 11 is 1.30. The third kappa shape index (κ3) is 26.0. The third-order valence-electron chi connectivity index (χ3n) is 13.0. The van der Waals surface area contributed by atoms with Crippen LogP contribution < -0.4 is 65.1 Å². The maximum atomic E-state index is 14.7. The monoisotopic (exact) mass is 1270 g/mol. The number of carboxylic acids is 4. The standard InChI is InChI=1S/C51H78N14O22S/c1-23(52)40(76)64-39(24(2)68)48(84)57-28(14-17-88-3)42(78)56-27(6-4-15-55-51(53)54)41(77)61-32(18-25-8-10-26(69)11-9-25)49(85)65-16-5-7-35(65)47(83)63-34(22-67)46(82)60-30(19-37(72)73)43(79)59-31(20-38(74)75)44(80)62-33(21-66)45(81)58-29(50(86)87)12-13-36(70)71/h8-11,23-24,27-35,39,66-69H,4-7,12-22,52H2,1-3H3,(H,56,78)(H,57,84)(H,58,81)(H,59,79)(H,60,82)(H,61,77)(H,62,80)(H,63,83)(H,64,76)(H,70,71)(H,72,73)(H,74,75)(H,86,87)(H4,53,54,55)/t23-,24+,27-,28-,29-,30-,31-,32-,33-,34-,35-,39-/m0/s1. The summed E-state index contributed by atoms with van der Waals surface area (Å²) in [7, 11) is 0. The Morgan fingerprint density at radius 3 is 1.55 bits per heavy atom. The molecule has 0 spiro atoms. The molecule has 1 aliphatic rings. The number of phenolic OH excluding ortho intramolecular Hbond substituents is 1. The second-order valence-corrected chi connectivity index (χ2v) is 21.1. The number of aliphatic imine (C=N–C) groups is 1. The van der Waals surface area contributed by atoms with Crippen molar-refractivity contribution in [3.63, 3.8) is 0 Å². The summed E-state index contributed by atoms with van der Waals surface area (Å²) in [5.41, 5.74) is 17.0. The Kier molecular flexibility index (Phi) is 32.1. The van der Waals surface area contributed by atoms with E-state index in [9.17, 15) is 103 Å². The molecule has 10 amide bonds. The van der Waals surface area contributed by atoms with Crippen molar-refractivity contribution in [3.8, 4) is 5.75 Å². The van der Waals surface area contributed by atoms with Crippen LogP contribution in [-0.2, 0) is 73.5 Å². The van der Waals surface area contributed by atoms with E-state index in [-0.39, 0.29) is 69.1 Å². The molecule has 12 atom stereocenters. The van der Waals surface area contributed by atoms with E-state index in [1.165, 1.54) is 49.9 Å². The molecule has 1 aromatic rings. The maximum Gasteiger partial charge on any atom is 0.326 e. The molecule has 2 rings (SSSR count). The number of benzene rings is 1. The van der Waals surface area contributed by atoms with Crippen LogP contribution >= 0.6 is 11.8 Å². The molecule has 36 nitrogen and oxygen atoms in total. The second kappa shape index (κ2) is 37.6. The molecule has 0 unspecified atom stereocenters. The van der Waals surface area contributed by atoms with Crippen LogP contribution in [0.25, 0.3) is 0 Å². The summed E-state index contributed by atoms with van der Waals surface area (Å²) in [6.45, 7) is -0.129. The fourth-order valence-corrected chi connectivity index (χ4v) is 8.85. The molecular formula is C51H78N14O22S. The zero-order chi connectivity index (χ0) is 66.5. The van der Waals surface area contributed by atoms with E-state index in [0.717, 1.165) is 4.90 Å². The number of aromatic hydroxyl groups is 1. The number of nitrogens with one attached hydrogen (secondary N) is 9. The molecule has 88 heavy (non-hydrogen) atoms. The smallest absolute Gasteiger partial charge is 0.326 e. The van der Waals surface area contributed by atoms with Crippen molar-refractivity contribution in [1.29, 1.82) is 0 Å². The van der Waals surface area contributed by atoms with Gasteiger partial charge in [-0.15, -0.1) is 0 Å². The number of amides is 10. The minimum atomic E-state index is -2.21.